The van der Waals surface area contributed by atoms with E-state index in [1.54, 1.807) is 6.07 Å². The summed E-state index contributed by atoms with van der Waals surface area (Å²) in [6.45, 7) is 5.32. The highest BCUT2D eigenvalue weighted by Crippen LogP contribution is 2.22. The fraction of sp³-hybridized carbons (Fsp3) is 0.619. The van der Waals surface area contributed by atoms with Crippen LogP contribution in [-0.2, 0) is 9.53 Å². The van der Waals surface area contributed by atoms with Crippen LogP contribution in [0.4, 0.5) is 0 Å². The molecule has 0 bridgehead atoms. The summed E-state index contributed by atoms with van der Waals surface area (Å²) in [4.78, 5) is 26.7. The Bertz CT molecular complexity index is 635. The molecule has 1 atom stereocenters. The summed E-state index contributed by atoms with van der Waals surface area (Å²) >= 11 is 0. The van der Waals surface area contributed by atoms with E-state index in [2.05, 4.69) is 5.32 Å². The van der Waals surface area contributed by atoms with E-state index in [0.717, 1.165) is 45.3 Å². The predicted octanol–water partition coefficient (Wildman–Crippen LogP) is 2.62. The molecular weight excluding hydrogens is 344 g/mol. The van der Waals surface area contributed by atoms with Crippen molar-refractivity contribution in [2.75, 3.05) is 32.8 Å². The lowest BCUT2D eigenvalue weighted by Crippen LogP contribution is -2.43. The molecule has 0 saturated carbocycles. The Hall–Kier alpha value is -2.08. The van der Waals surface area contributed by atoms with Crippen molar-refractivity contribution < 1.29 is 19.1 Å². The summed E-state index contributed by atoms with van der Waals surface area (Å²) in [6, 6.07) is 7.34. The molecule has 0 aromatic heterocycles. The number of hydrogen-bond donors (Lipinski definition) is 1. The van der Waals surface area contributed by atoms with Crippen LogP contribution in [0.3, 0.4) is 0 Å². The first-order chi connectivity index (χ1) is 13.2. The fourth-order valence-electron chi connectivity index (χ4n) is 3.60. The van der Waals surface area contributed by atoms with Crippen LogP contribution in [0.2, 0.25) is 0 Å². The number of hydrogen-bond acceptors (Lipinski definition) is 4. The third-order valence-electron chi connectivity index (χ3n) is 5.24. The maximum atomic E-state index is 12.8. The number of rotatable bonds is 7. The van der Waals surface area contributed by atoms with Gasteiger partial charge in [0.15, 0.2) is 0 Å². The first-order valence-corrected chi connectivity index (χ1v) is 10.1. The fourth-order valence-corrected chi connectivity index (χ4v) is 3.60. The molecule has 1 aromatic carbocycles. The molecule has 0 spiro atoms. The van der Waals surface area contributed by atoms with Crippen molar-refractivity contribution in [3.05, 3.63) is 29.8 Å². The van der Waals surface area contributed by atoms with Gasteiger partial charge in [0, 0.05) is 37.7 Å². The zero-order valence-corrected chi connectivity index (χ0v) is 16.1. The average Bonchev–Trinajstić information content (AvgIpc) is 3.24. The van der Waals surface area contributed by atoms with Crippen LogP contribution in [0.25, 0.3) is 0 Å². The summed E-state index contributed by atoms with van der Waals surface area (Å²) in [7, 11) is 0. The minimum Gasteiger partial charge on any atom is -0.491 e. The van der Waals surface area contributed by atoms with E-state index in [-0.39, 0.29) is 23.8 Å². The molecule has 2 heterocycles. The Morgan fingerprint density at radius 2 is 2.07 bits per heavy atom. The van der Waals surface area contributed by atoms with Crippen molar-refractivity contribution in [2.24, 2.45) is 5.92 Å². The molecule has 1 N–H and O–H groups in total. The molecule has 2 saturated heterocycles. The van der Waals surface area contributed by atoms with Crippen molar-refractivity contribution in [1.82, 2.24) is 10.2 Å². The molecule has 148 valence electrons. The van der Waals surface area contributed by atoms with E-state index in [1.807, 2.05) is 30.0 Å². The van der Waals surface area contributed by atoms with Crippen LogP contribution in [-0.4, -0.2) is 55.7 Å². The van der Waals surface area contributed by atoms with Gasteiger partial charge < -0.3 is 19.7 Å². The zero-order chi connectivity index (χ0) is 19.1. The van der Waals surface area contributed by atoms with Crippen LogP contribution in [0.1, 0.15) is 49.4 Å². The van der Waals surface area contributed by atoms with E-state index < -0.39 is 0 Å². The van der Waals surface area contributed by atoms with Gasteiger partial charge in [-0.15, -0.1) is 0 Å². The Labute approximate surface area is 161 Å². The van der Waals surface area contributed by atoms with Crippen molar-refractivity contribution in [1.29, 1.82) is 0 Å². The Morgan fingerprint density at radius 3 is 2.78 bits per heavy atom. The molecule has 6 heteroatoms. The smallest absolute Gasteiger partial charge is 0.253 e. The highest BCUT2D eigenvalue weighted by atomic mass is 16.5. The van der Waals surface area contributed by atoms with Crippen LogP contribution in [0, 0.1) is 5.92 Å². The van der Waals surface area contributed by atoms with Crippen molar-refractivity contribution >= 4 is 11.8 Å². The second-order valence-corrected chi connectivity index (χ2v) is 7.33. The zero-order valence-electron chi connectivity index (χ0n) is 16.1. The van der Waals surface area contributed by atoms with Gasteiger partial charge in [0.1, 0.15) is 12.4 Å². The van der Waals surface area contributed by atoms with Gasteiger partial charge in [-0.3, -0.25) is 9.59 Å². The second kappa shape index (κ2) is 9.74. The SMILES string of the molecule is CCCNC(=O)C1CCN(C(=O)c2cccc(OCC3CCCO3)c2)CC1. The molecule has 0 radical (unpaired) electrons. The minimum atomic E-state index is 0.00461. The van der Waals surface area contributed by atoms with Gasteiger partial charge in [-0.05, 0) is 50.3 Å². The number of nitrogens with one attached hydrogen (secondary N) is 1. The van der Waals surface area contributed by atoms with Crippen LogP contribution < -0.4 is 10.1 Å². The topological polar surface area (TPSA) is 67.9 Å². The van der Waals surface area contributed by atoms with Crippen LogP contribution >= 0.6 is 0 Å². The number of piperidine rings is 1. The molecule has 3 rings (SSSR count). The molecule has 2 aliphatic heterocycles. The number of carbonyl (C=O) groups is 2. The lowest BCUT2D eigenvalue weighted by Gasteiger charge is -2.31. The van der Waals surface area contributed by atoms with Gasteiger partial charge in [0.05, 0.1) is 6.10 Å². The Morgan fingerprint density at radius 1 is 1.26 bits per heavy atom. The largest absolute Gasteiger partial charge is 0.491 e. The van der Waals surface area contributed by atoms with Gasteiger partial charge in [-0.2, -0.15) is 0 Å². The average molecular weight is 374 g/mol. The minimum absolute atomic E-state index is 0.00461. The molecular formula is C21H30N2O4. The summed E-state index contributed by atoms with van der Waals surface area (Å²) in [6.07, 6.45) is 4.64. The van der Waals surface area contributed by atoms with E-state index in [9.17, 15) is 9.59 Å². The van der Waals surface area contributed by atoms with Gasteiger partial charge in [0.25, 0.3) is 5.91 Å². The molecule has 6 nitrogen and oxygen atoms in total. The van der Waals surface area contributed by atoms with E-state index in [4.69, 9.17) is 9.47 Å². The maximum Gasteiger partial charge on any atom is 0.253 e. The first kappa shape index (κ1) is 19.7. The van der Waals surface area contributed by atoms with E-state index in [0.29, 0.717) is 31.0 Å². The van der Waals surface area contributed by atoms with Gasteiger partial charge in [-0.25, -0.2) is 0 Å². The monoisotopic (exact) mass is 374 g/mol. The summed E-state index contributed by atoms with van der Waals surface area (Å²) in [5, 5.41) is 2.95. The molecule has 1 unspecified atom stereocenters. The normalized spacial score (nSPS) is 20.5. The van der Waals surface area contributed by atoms with E-state index >= 15 is 0 Å². The predicted molar refractivity (Wildman–Crippen MR) is 103 cm³/mol. The summed E-state index contributed by atoms with van der Waals surface area (Å²) < 4.78 is 11.4. The summed E-state index contributed by atoms with van der Waals surface area (Å²) in [5.41, 5.74) is 0.633. The standard InChI is InChI=1S/C21H30N2O4/c1-2-10-22-20(24)16-8-11-23(12-9-16)21(25)17-5-3-6-18(14-17)27-15-19-7-4-13-26-19/h3,5-6,14,16,19H,2,4,7-13,15H2,1H3,(H,22,24). The first-order valence-electron chi connectivity index (χ1n) is 10.1. The van der Waals surface area contributed by atoms with Crippen molar-refractivity contribution in [3.63, 3.8) is 0 Å². The Kier molecular flexibility index (Phi) is 7.10. The molecule has 27 heavy (non-hydrogen) atoms. The molecule has 2 amide bonds. The number of benzene rings is 1. The number of amides is 2. The molecule has 1 aromatic rings. The number of nitrogens with zero attached hydrogens (tertiary/aromatic N) is 1. The van der Waals surface area contributed by atoms with Crippen LogP contribution in [0.5, 0.6) is 5.75 Å². The van der Waals surface area contributed by atoms with E-state index in [1.165, 1.54) is 0 Å². The number of carbonyl (C=O) groups excluding carboxylic acids is 2. The molecule has 2 aliphatic rings. The molecule has 0 aliphatic carbocycles. The number of likely N-dealkylation sites (tertiary alicyclic amines) is 1. The van der Waals surface area contributed by atoms with Crippen LogP contribution in [0.15, 0.2) is 24.3 Å². The van der Waals surface area contributed by atoms with Gasteiger partial charge >= 0.3 is 0 Å². The maximum absolute atomic E-state index is 12.8. The Balaban J connectivity index is 1.50. The third kappa shape index (κ3) is 5.45. The highest BCUT2D eigenvalue weighted by Gasteiger charge is 2.27. The quantitative estimate of drug-likeness (QED) is 0.797. The third-order valence-corrected chi connectivity index (χ3v) is 5.24. The second-order valence-electron chi connectivity index (χ2n) is 7.33. The number of ether oxygens (including phenoxy) is 2. The summed E-state index contributed by atoms with van der Waals surface area (Å²) in [5.74, 6) is 0.838. The molecule has 2 fully saturated rings. The van der Waals surface area contributed by atoms with Crippen molar-refractivity contribution in [2.45, 2.75) is 45.1 Å². The van der Waals surface area contributed by atoms with Gasteiger partial charge in [-0.1, -0.05) is 13.0 Å². The highest BCUT2D eigenvalue weighted by molar-refractivity contribution is 5.94. The lowest BCUT2D eigenvalue weighted by atomic mass is 9.95. The van der Waals surface area contributed by atoms with Crippen molar-refractivity contribution in [3.8, 4) is 5.75 Å². The van der Waals surface area contributed by atoms with Gasteiger partial charge in [0.2, 0.25) is 5.91 Å². The lowest BCUT2D eigenvalue weighted by molar-refractivity contribution is -0.126.